The number of carbonyl (C=O) groups excluding carboxylic acids is 1. The molecule has 0 saturated carbocycles. The zero-order chi connectivity index (χ0) is 24.5. The number of alkyl halides is 3. The maximum atomic E-state index is 13.3. The molecule has 180 valence electrons. The predicted molar refractivity (Wildman–Crippen MR) is 120 cm³/mol. The van der Waals surface area contributed by atoms with Crippen LogP contribution in [0.15, 0.2) is 59.6 Å². The van der Waals surface area contributed by atoms with Crippen LogP contribution < -0.4 is 10.1 Å². The molecule has 1 fully saturated rings. The first kappa shape index (κ1) is 24.0. The van der Waals surface area contributed by atoms with Crippen LogP contribution in [0.3, 0.4) is 0 Å². The van der Waals surface area contributed by atoms with Gasteiger partial charge in [-0.15, -0.1) is 0 Å². The molecular weight excluding hydrogens is 471 g/mol. The molecule has 0 unspecified atom stereocenters. The maximum Gasteiger partial charge on any atom is 0.417 e. The summed E-state index contributed by atoms with van der Waals surface area (Å²) in [7, 11) is -2.84. The van der Waals surface area contributed by atoms with Crippen LogP contribution in [0.1, 0.15) is 18.4 Å². The van der Waals surface area contributed by atoms with Crippen LogP contribution in [0, 0.1) is 5.92 Å². The first-order chi connectivity index (χ1) is 16.1. The lowest BCUT2D eigenvalue weighted by molar-refractivity contribution is -0.139. The minimum absolute atomic E-state index is 0.0580. The van der Waals surface area contributed by atoms with Gasteiger partial charge in [-0.3, -0.25) is 9.78 Å². The van der Waals surface area contributed by atoms with Crippen molar-refractivity contribution in [1.82, 2.24) is 9.29 Å². The Balaban J connectivity index is 1.48. The first-order valence-electron chi connectivity index (χ1n) is 10.5. The molecule has 1 N–H and O–H groups in total. The number of pyridine rings is 1. The van der Waals surface area contributed by atoms with Gasteiger partial charge in [-0.1, -0.05) is 12.1 Å². The van der Waals surface area contributed by atoms with Crippen molar-refractivity contribution in [3.8, 4) is 5.75 Å². The average molecular weight is 494 g/mol. The second-order valence-corrected chi connectivity index (χ2v) is 9.78. The summed E-state index contributed by atoms with van der Waals surface area (Å²) in [6.45, 7) is -0.116. The van der Waals surface area contributed by atoms with Gasteiger partial charge in [-0.05, 0) is 49.2 Å². The van der Waals surface area contributed by atoms with Crippen LogP contribution in [0.25, 0.3) is 10.9 Å². The van der Waals surface area contributed by atoms with Crippen molar-refractivity contribution < 1.29 is 31.1 Å². The SMILES string of the molecule is COc1ccc(NC(=O)C2CCN(S(=O)(=O)c3ccccc3C(F)(F)F)CC2)c2cccnc12. The van der Waals surface area contributed by atoms with E-state index in [2.05, 4.69) is 10.3 Å². The lowest BCUT2D eigenvalue weighted by Gasteiger charge is -2.31. The molecule has 1 aliphatic rings. The fraction of sp³-hybridized carbons (Fsp3) is 0.304. The van der Waals surface area contributed by atoms with E-state index in [4.69, 9.17) is 4.74 Å². The molecule has 4 rings (SSSR count). The summed E-state index contributed by atoms with van der Waals surface area (Å²) in [4.78, 5) is 16.4. The predicted octanol–water partition coefficient (Wildman–Crippen LogP) is 4.30. The van der Waals surface area contributed by atoms with Gasteiger partial charge in [0, 0.05) is 30.6 Å². The summed E-state index contributed by atoms with van der Waals surface area (Å²) < 4.78 is 72.2. The number of hydrogen-bond donors (Lipinski definition) is 1. The number of hydrogen-bond acceptors (Lipinski definition) is 5. The molecule has 0 radical (unpaired) electrons. The molecule has 7 nitrogen and oxygen atoms in total. The molecule has 0 atom stereocenters. The molecular formula is C23H22F3N3O4S. The van der Waals surface area contributed by atoms with Gasteiger partial charge in [0.15, 0.2) is 0 Å². The highest BCUT2D eigenvalue weighted by Crippen LogP contribution is 2.36. The van der Waals surface area contributed by atoms with E-state index in [9.17, 15) is 26.4 Å². The number of rotatable bonds is 5. The highest BCUT2D eigenvalue weighted by atomic mass is 32.2. The van der Waals surface area contributed by atoms with Crippen LogP contribution in [0.2, 0.25) is 0 Å². The molecule has 1 aliphatic heterocycles. The zero-order valence-electron chi connectivity index (χ0n) is 18.2. The van der Waals surface area contributed by atoms with E-state index in [0.29, 0.717) is 22.3 Å². The Bertz CT molecular complexity index is 1320. The Labute approximate surface area is 194 Å². The van der Waals surface area contributed by atoms with Crippen molar-refractivity contribution >= 4 is 32.5 Å². The van der Waals surface area contributed by atoms with Gasteiger partial charge in [-0.25, -0.2) is 8.42 Å². The highest BCUT2D eigenvalue weighted by molar-refractivity contribution is 7.89. The van der Waals surface area contributed by atoms with Gasteiger partial charge in [0.2, 0.25) is 15.9 Å². The van der Waals surface area contributed by atoms with Crippen molar-refractivity contribution in [3.63, 3.8) is 0 Å². The largest absolute Gasteiger partial charge is 0.494 e. The summed E-state index contributed by atoms with van der Waals surface area (Å²) in [5.74, 6) is -0.215. The minimum atomic E-state index is -4.79. The number of amides is 1. The maximum absolute atomic E-state index is 13.3. The molecule has 3 aromatic rings. The summed E-state index contributed by atoms with van der Waals surface area (Å²) in [6.07, 6.45) is -2.81. The number of sulfonamides is 1. The summed E-state index contributed by atoms with van der Waals surface area (Å²) in [6, 6.07) is 11.0. The second-order valence-electron chi connectivity index (χ2n) is 7.88. The number of carbonyl (C=O) groups is 1. The van der Waals surface area contributed by atoms with E-state index in [0.717, 1.165) is 22.5 Å². The number of piperidine rings is 1. The fourth-order valence-corrected chi connectivity index (χ4v) is 5.76. The van der Waals surface area contributed by atoms with Gasteiger partial charge >= 0.3 is 6.18 Å². The average Bonchev–Trinajstić information content (AvgIpc) is 2.84. The third-order valence-electron chi connectivity index (χ3n) is 5.85. The Morgan fingerprint density at radius 2 is 1.79 bits per heavy atom. The zero-order valence-corrected chi connectivity index (χ0v) is 19.0. The van der Waals surface area contributed by atoms with Crippen LogP contribution in [0.5, 0.6) is 5.75 Å². The van der Waals surface area contributed by atoms with Crippen molar-refractivity contribution in [2.45, 2.75) is 23.9 Å². The van der Waals surface area contributed by atoms with E-state index >= 15 is 0 Å². The van der Waals surface area contributed by atoms with Crippen LogP contribution in [0.4, 0.5) is 18.9 Å². The van der Waals surface area contributed by atoms with E-state index in [1.54, 1.807) is 30.5 Å². The smallest absolute Gasteiger partial charge is 0.417 e. The lowest BCUT2D eigenvalue weighted by atomic mass is 9.97. The second kappa shape index (κ2) is 9.22. The van der Waals surface area contributed by atoms with Crippen molar-refractivity contribution in [2.24, 2.45) is 5.92 Å². The Morgan fingerprint density at radius 1 is 1.09 bits per heavy atom. The van der Waals surface area contributed by atoms with E-state index in [1.165, 1.54) is 13.2 Å². The first-order valence-corrected chi connectivity index (χ1v) is 12.0. The van der Waals surface area contributed by atoms with Crippen LogP contribution in [-0.4, -0.2) is 43.8 Å². The number of anilines is 1. The number of ether oxygens (including phenoxy) is 1. The molecule has 11 heteroatoms. The Hall–Kier alpha value is -3.18. The Kier molecular flexibility index (Phi) is 6.50. The fourth-order valence-electron chi connectivity index (χ4n) is 4.08. The highest BCUT2D eigenvalue weighted by Gasteiger charge is 2.40. The normalized spacial score (nSPS) is 15.9. The number of aromatic nitrogens is 1. The monoisotopic (exact) mass is 493 g/mol. The minimum Gasteiger partial charge on any atom is -0.494 e. The molecule has 1 amide bonds. The molecule has 0 spiro atoms. The number of nitrogens with zero attached hydrogens (tertiary/aromatic N) is 2. The summed E-state index contributed by atoms with van der Waals surface area (Å²) >= 11 is 0. The van der Waals surface area contributed by atoms with E-state index in [-0.39, 0.29) is 31.8 Å². The number of halogens is 3. The van der Waals surface area contributed by atoms with Crippen molar-refractivity contribution in [1.29, 1.82) is 0 Å². The number of nitrogens with one attached hydrogen (secondary N) is 1. The van der Waals surface area contributed by atoms with Crippen LogP contribution in [-0.2, 0) is 21.0 Å². The van der Waals surface area contributed by atoms with E-state index < -0.39 is 32.6 Å². The third-order valence-corrected chi connectivity index (χ3v) is 7.80. The third kappa shape index (κ3) is 4.58. The number of fused-ring (bicyclic) bond motifs is 1. The quantitative estimate of drug-likeness (QED) is 0.573. The standard InChI is InChI=1S/C23H22F3N3O4S/c1-33-19-9-8-18(16-5-4-12-27-21(16)19)28-22(30)15-10-13-29(14-11-15)34(31,32)20-7-3-2-6-17(20)23(24,25)26/h2-9,12,15H,10-11,13-14H2,1H3,(H,28,30). The van der Waals surface area contributed by atoms with Crippen molar-refractivity contribution in [3.05, 3.63) is 60.3 Å². The van der Waals surface area contributed by atoms with Crippen LogP contribution >= 0.6 is 0 Å². The van der Waals surface area contributed by atoms with Gasteiger partial charge in [0.05, 0.1) is 23.3 Å². The van der Waals surface area contributed by atoms with Gasteiger partial charge in [-0.2, -0.15) is 17.5 Å². The van der Waals surface area contributed by atoms with Gasteiger partial charge in [0.25, 0.3) is 0 Å². The molecule has 34 heavy (non-hydrogen) atoms. The molecule has 0 bridgehead atoms. The molecule has 0 aliphatic carbocycles. The Morgan fingerprint density at radius 3 is 2.47 bits per heavy atom. The lowest BCUT2D eigenvalue weighted by Crippen LogP contribution is -2.41. The van der Waals surface area contributed by atoms with Gasteiger partial charge < -0.3 is 10.1 Å². The summed E-state index contributed by atoms with van der Waals surface area (Å²) in [5.41, 5.74) is -0.0649. The van der Waals surface area contributed by atoms with Crippen molar-refractivity contribution in [2.75, 3.05) is 25.5 Å². The molecule has 2 heterocycles. The molecule has 1 saturated heterocycles. The van der Waals surface area contributed by atoms with Gasteiger partial charge in [0.1, 0.15) is 11.3 Å². The summed E-state index contributed by atoms with van der Waals surface area (Å²) in [5, 5.41) is 3.56. The van der Waals surface area contributed by atoms with E-state index in [1.807, 2.05) is 0 Å². The molecule has 1 aromatic heterocycles. The molecule has 2 aromatic carbocycles. The topological polar surface area (TPSA) is 88.6 Å². The number of methoxy groups -OCH3 is 1. The number of benzene rings is 2.